The molecule has 0 spiro atoms. The molecule has 1 heterocycles. The summed E-state index contributed by atoms with van der Waals surface area (Å²) in [5.41, 5.74) is 0. The fourth-order valence-corrected chi connectivity index (χ4v) is 1.86. The first-order chi connectivity index (χ1) is 6.66. The van der Waals surface area contributed by atoms with Gasteiger partial charge in [0, 0.05) is 25.0 Å². The van der Waals surface area contributed by atoms with Crippen molar-refractivity contribution in [3.63, 3.8) is 0 Å². The molecule has 2 aliphatic rings. The van der Waals surface area contributed by atoms with Gasteiger partial charge in [0.2, 0.25) is 0 Å². The zero-order chi connectivity index (χ0) is 10.1. The maximum atomic E-state index is 11.6. The molecule has 2 fully saturated rings. The highest BCUT2D eigenvalue weighted by atomic mass is 16.3. The van der Waals surface area contributed by atoms with E-state index >= 15 is 0 Å². The molecule has 2 N–H and O–H groups in total. The molecule has 1 aliphatic heterocycles. The van der Waals surface area contributed by atoms with Gasteiger partial charge >= 0.3 is 6.03 Å². The summed E-state index contributed by atoms with van der Waals surface area (Å²) in [6, 6.07) is 0.476. The largest absolute Gasteiger partial charge is 0.393 e. The summed E-state index contributed by atoms with van der Waals surface area (Å²) < 4.78 is 0. The van der Waals surface area contributed by atoms with Gasteiger partial charge in [-0.1, -0.05) is 0 Å². The molecule has 1 saturated heterocycles. The Labute approximate surface area is 84.3 Å². The Morgan fingerprint density at radius 2 is 2.21 bits per heavy atom. The number of aliphatic hydroxyl groups excluding tert-OH is 1. The molecule has 0 aromatic heterocycles. The highest BCUT2D eigenvalue weighted by molar-refractivity contribution is 5.75. The van der Waals surface area contributed by atoms with Crippen LogP contribution in [0.2, 0.25) is 0 Å². The van der Waals surface area contributed by atoms with Crippen molar-refractivity contribution >= 4 is 6.03 Å². The van der Waals surface area contributed by atoms with Gasteiger partial charge in [-0.2, -0.15) is 0 Å². The zero-order valence-corrected chi connectivity index (χ0v) is 8.57. The van der Waals surface area contributed by atoms with Crippen LogP contribution in [-0.4, -0.2) is 41.3 Å². The van der Waals surface area contributed by atoms with Crippen LogP contribution < -0.4 is 5.32 Å². The summed E-state index contributed by atoms with van der Waals surface area (Å²) in [6.07, 6.45) is 2.88. The molecule has 4 nitrogen and oxygen atoms in total. The number of nitrogens with zero attached hydrogens (tertiary/aromatic N) is 1. The van der Waals surface area contributed by atoms with Gasteiger partial charge in [-0.05, 0) is 26.2 Å². The second kappa shape index (κ2) is 3.77. The van der Waals surface area contributed by atoms with Gasteiger partial charge in [0.25, 0.3) is 0 Å². The second-order valence-electron chi connectivity index (χ2n) is 4.46. The maximum Gasteiger partial charge on any atom is 0.317 e. The number of urea groups is 1. The number of hydrogen-bond acceptors (Lipinski definition) is 2. The molecule has 14 heavy (non-hydrogen) atoms. The van der Waals surface area contributed by atoms with E-state index in [4.69, 9.17) is 0 Å². The van der Waals surface area contributed by atoms with Crippen LogP contribution in [0.15, 0.2) is 0 Å². The van der Waals surface area contributed by atoms with Crippen LogP contribution in [0.4, 0.5) is 4.79 Å². The van der Waals surface area contributed by atoms with Crippen LogP contribution in [0.25, 0.3) is 0 Å². The predicted molar refractivity (Wildman–Crippen MR) is 52.9 cm³/mol. The van der Waals surface area contributed by atoms with Crippen molar-refractivity contribution in [2.45, 2.75) is 38.3 Å². The molecule has 2 unspecified atom stereocenters. The zero-order valence-electron chi connectivity index (χ0n) is 8.57. The van der Waals surface area contributed by atoms with Crippen LogP contribution in [0.5, 0.6) is 0 Å². The lowest BCUT2D eigenvalue weighted by molar-refractivity contribution is 0.129. The summed E-state index contributed by atoms with van der Waals surface area (Å²) in [6.45, 7) is 3.29. The SMILES string of the molecule is CC(O)C1CCN(C(=O)NC2CC2)C1. The van der Waals surface area contributed by atoms with Crippen molar-refractivity contribution in [3.8, 4) is 0 Å². The summed E-state index contributed by atoms with van der Waals surface area (Å²) in [5.74, 6) is 0.264. The van der Waals surface area contributed by atoms with Gasteiger partial charge in [0.1, 0.15) is 0 Å². The third-order valence-electron chi connectivity index (χ3n) is 3.10. The van der Waals surface area contributed by atoms with E-state index in [-0.39, 0.29) is 18.1 Å². The Hall–Kier alpha value is -0.770. The number of carbonyl (C=O) groups excluding carboxylic acids is 1. The first-order valence-electron chi connectivity index (χ1n) is 5.40. The number of amides is 2. The lowest BCUT2D eigenvalue weighted by Gasteiger charge is -2.18. The Morgan fingerprint density at radius 3 is 2.71 bits per heavy atom. The van der Waals surface area contributed by atoms with E-state index in [1.54, 1.807) is 6.92 Å². The van der Waals surface area contributed by atoms with Crippen molar-refractivity contribution in [1.82, 2.24) is 10.2 Å². The predicted octanol–water partition coefficient (Wildman–Crippen LogP) is 0.561. The average molecular weight is 198 g/mol. The van der Waals surface area contributed by atoms with E-state index in [0.717, 1.165) is 25.8 Å². The lowest BCUT2D eigenvalue weighted by atomic mass is 10.0. The van der Waals surface area contributed by atoms with Crippen molar-refractivity contribution in [2.24, 2.45) is 5.92 Å². The number of hydrogen-bond donors (Lipinski definition) is 2. The Bertz CT molecular complexity index is 226. The number of aliphatic hydroxyl groups is 1. The van der Waals surface area contributed by atoms with Crippen LogP contribution in [0.3, 0.4) is 0 Å². The minimum Gasteiger partial charge on any atom is -0.393 e. The van der Waals surface area contributed by atoms with Crippen LogP contribution in [0.1, 0.15) is 26.2 Å². The first kappa shape index (κ1) is 9.77. The molecule has 0 aromatic carbocycles. The monoisotopic (exact) mass is 198 g/mol. The van der Waals surface area contributed by atoms with Gasteiger partial charge in [0.15, 0.2) is 0 Å². The second-order valence-corrected chi connectivity index (χ2v) is 4.46. The molecule has 1 saturated carbocycles. The highest BCUT2D eigenvalue weighted by Crippen LogP contribution is 2.22. The first-order valence-corrected chi connectivity index (χ1v) is 5.40. The molecule has 4 heteroatoms. The molecular formula is C10H18N2O2. The molecule has 0 radical (unpaired) electrons. The van der Waals surface area contributed by atoms with Crippen molar-refractivity contribution in [1.29, 1.82) is 0 Å². The average Bonchev–Trinajstić information content (AvgIpc) is 2.81. The fraction of sp³-hybridized carbons (Fsp3) is 0.900. The summed E-state index contributed by atoms with van der Waals surface area (Å²) >= 11 is 0. The van der Waals surface area contributed by atoms with Crippen LogP contribution in [-0.2, 0) is 0 Å². The highest BCUT2D eigenvalue weighted by Gasteiger charge is 2.31. The van der Waals surface area contributed by atoms with E-state index in [2.05, 4.69) is 5.32 Å². The Kier molecular flexibility index (Phi) is 2.63. The third-order valence-corrected chi connectivity index (χ3v) is 3.10. The molecular weight excluding hydrogens is 180 g/mol. The topological polar surface area (TPSA) is 52.6 Å². The molecule has 2 rings (SSSR count). The number of rotatable bonds is 2. The summed E-state index contributed by atoms with van der Waals surface area (Å²) in [5, 5.41) is 12.3. The van der Waals surface area contributed by atoms with E-state index < -0.39 is 0 Å². The van der Waals surface area contributed by atoms with Crippen molar-refractivity contribution in [2.75, 3.05) is 13.1 Å². The summed E-state index contributed by atoms with van der Waals surface area (Å²) in [7, 11) is 0. The Morgan fingerprint density at radius 1 is 1.50 bits per heavy atom. The minimum atomic E-state index is -0.297. The number of likely N-dealkylation sites (tertiary alicyclic amines) is 1. The quantitative estimate of drug-likeness (QED) is 0.681. The smallest absolute Gasteiger partial charge is 0.317 e. The van der Waals surface area contributed by atoms with Gasteiger partial charge in [-0.3, -0.25) is 0 Å². The van der Waals surface area contributed by atoms with E-state index in [1.165, 1.54) is 0 Å². The standard InChI is InChI=1S/C10H18N2O2/c1-7(13)8-4-5-12(6-8)10(14)11-9-2-3-9/h7-9,13H,2-6H2,1H3,(H,11,14). The fourth-order valence-electron chi connectivity index (χ4n) is 1.86. The lowest BCUT2D eigenvalue weighted by Crippen LogP contribution is -2.40. The molecule has 2 amide bonds. The molecule has 0 aromatic rings. The molecule has 1 aliphatic carbocycles. The van der Waals surface area contributed by atoms with Gasteiger partial charge in [-0.25, -0.2) is 4.79 Å². The number of carbonyl (C=O) groups is 1. The normalized spacial score (nSPS) is 29.0. The Balaban J connectivity index is 1.78. The van der Waals surface area contributed by atoms with E-state index in [1.807, 2.05) is 4.90 Å². The van der Waals surface area contributed by atoms with Gasteiger partial charge in [0.05, 0.1) is 6.10 Å². The molecule has 2 atom stereocenters. The van der Waals surface area contributed by atoms with E-state index in [9.17, 15) is 9.90 Å². The van der Waals surface area contributed by atoms with Gasteiger partial charge in [-0.15, -0.1) is 0 Å². The van der Waals surface area contributed by atoms with Gasteiger partial charge < -0.3 is 15.3 Å². The van der Waals surface area contributed by atoms with Crippen molar-refractivity contribution < 1.29 is 9.90 Å². The van der Waals surface area contributed by atoms with E-state index in [0.29, 0.717) is 12.6 Å². The third kappa shape index (κ3) is 2.18. The molecule has 80 valence electrons. The molecule has 0 bridgehead atoms. The summed E-state index contributed by atoms with van der Waals surface area (Å²) in [4.78, 5) is 13.4. The minimum absolute atomic E-state index is 0.0515. The maximum absolute atomic E-state index is 11.6. The number of nitrogens with one attached hydrogen (secondary N) is 1. The van der Waals surface area contributed by atoms with Crippen LogP contribution >= 0.6 is 0 Å². The van der Waals surface area contributed by atoms with Crippen LogP contribution in [0, 0.1) is 5.92 Å². The van der Waals surface area contributed by atoms with Crippen molar-refractivity contribution in [3.05, 3.63) is 0 Å².